The van der Waals surface area contributed by atoms with Crippen LogP contribution in [0.5, 0.6) is 5.75 Å². The molecule has 5 heteroatoms. The molecule has 0 radical (unpaired) electrons. The predicted octanol–water partition coefficient (Wildman–Crippen LogP) is 5.67. The number of fused-ring (bicyclic) bond motifs is 1. The Morgan fingerprint density at radius 1 is 0.864 bits per heavy atom. The van der Waals surface area contributed by atoms with Gasteiger partial charge in [-0.15, -0.1) is 0 Å². The van der Waals surface area contributed by atoms with E-state index in [9.17, 15) is 5.11 Å². The van der Waals surface area contributed by atoms with Crippen LogP contribution in [0, 0.1) is 0 Å². The number of hydrogen-bond donors (Lipinski definition) is 1. The number of rotatable bonds is 2. The molecule has 0 amide bonds. The van der Waals surface area contributed by atoms with Crippen molar-refractivity contribution in [2.75, 3.05) is 0 Å². The van der Waals surface area contributed by atoms with Crippen LogP contribution in [-0.2, 0) is 17.0 Å². The van der Waals surface area contributed by atoms with Crippen molar-refractivity contribution >= 4 is 41.3 Å². The number of aromatic hydroxyl groups is 1. The normalized spacial score (nSPS) is 10.3. The molecule has 0 saturated heterocycles. The van der Waals surface area contributed by atoms with Gasteiger partial charge in [0.1, 0.15) is 5.75 Å². The third-order valence-electron chi connectivity index (χ3n) is 3.05. The van der Waals surface area contributed by atoms with Gasteiger partial charge in [-0.1, -0.05) is 48.5 Å². The van der Waals surface area contributed by atoms with Gasteiger partial charge in [-0.25, -0.2) is 0 Å². The zero-order valence-corrected chi connectivity index (χ0v) is 14.7. The SMILES string of the molecule is Oc1ccccc1C=Nc1cccc2ccccc12.[Cl][Ti][Cl]. The Kier molecular flexibility index (Phi) is 6.95. The fourth-order valence-electron chi connectivity index (χ4n) is 2.06. The summed E-state index contributed by atoms with van der Waals surface area (Å²) in [5, 5.41) is 12.0. The predicted molar refractivity (Wildman–Crippen MR) is 91.0 cm³/mol. The topological polar surface area (TPSA) is 32.6 Å². The Hall–Kier alpha value is -1.32. The second-order valence-electron chi connectivity index (χ2n) is 4.39. The van der Waals surface area contributed by atoms with Gasteiger partial charge in [0.2, 0.25) is 0 Å². The van der Waals surface area contributed by atoms with Gasteiger partial charge in [-0.05, 0) is 23.6 Å². The van der Waals surface area contributed by atoms with E-state index in [4.69, 9.17) is 18.6 Å². The van der Waals surface area contributed by atoms with Gasteiger partial charge in [-0.3, -0.25) is 4.99 Å². The molecule has 0 atom stereocenters. The molecule has 0 fully saturated rings. The Morgan fingerprint density at radius 3 is 2.27 bits per heavy atom. The Morgan fingerprint density at radius 2 is 1.50 bits per heavy atom. The molecule has 3 aromatic rings. The van der Waals surface area contributed by atoms with Crippen LogP contribution in [0.2, 0.25) is 0 Å². The third-order valence-corrected chi connectivity index (χ3v) is 3.05. The van der Waals surface area contributed by atoms with Crippen molar-refractivity contribution < 1.29 is 22.1 Å². The van der Waals surface area contributed by atoms with Gasteiger partial charge in [0.25, 0.3) is 0 Å². The molecule has 0 bridgehead atoms. The summed E-state index contributed by atoms with van der Waals surface area (Å²) in [4.78, 5) is 4.48. The summed E-state index contributed by atoms with van der Waals surface area (Å²) in [7, 11) is 9.78. The van der Waals surface area contributed by atoms with Gasteiger partial charge < -0.3 is 5.11 Å². The van der Waals surface area contributed by atoms with E-state index < -0.39 is 17.0 Å². The minimum atomic E-state index is -0.556. The molecule has 110 valence electrons. The number of phenolic OH excluding ortho intramolecular Hbond substituents is 1. The molecule has 3 aromatic carbocycles. The number of hydrogen-bond acceptors (Lipinski definition) is 2. The van der Waals surface area contributed by atoms with E-state index in [2.05, 4.69) is 17.1 Å². The average Bonchev–Trinajstić information content (AvgIpc) is 2.55. The van der Waals surface area contributed by atoms with Crippen LogP contribution in [0.3, 0.4) is 0 Å². The Balaban J connectivity index is 0.000000545. The van der Waals surface area contributed by atoms with E-state index in [0.717, 1.165) is 22.0 Å². The first-order valence-electron chi connectivity index (χ1n) is 6.52. The van der Waals surface area contributed by atoms with Crippen molar-refractivity contribution in [3.8, 4) is 5.75 Å². The summed E-state index contributed by atoms with van der Waals surface area (Å²) in [5.41, 5.74) is 1.62. The van der Waals surface area contributed by atoms with Crippen molar-refractivity contribution in [3.05, 3.63) is 72.3 Å². The summed E-state index contributed by atoms with van der Waals surface area (Å²) >= 11 is -0.556. The van der Waals surface area contributed by atoms with Crippen LogP contribution < -0.4 is 0 Å². The summed E-state index contributed by atoms with van der Waals surface area (Å²) in [5.74, 6) is 0.242. The van der Waals surface area contributed by atoms with Crippen molar-refractivity contribution in [2.45, 2.75) is 0 Å². The molecule has 0 heterocycles. The molecule has 0 spiro atoms. The molecule has 0 aliphatic heterocycles. The molecular weight excluding hydrogens is 353 g/mol. The maximum absolute atomic E-state index is 9.71. The number of aliphatic imine (C=N–C) groups is 1. The van der Waals surface area contributed by atoms with Crippen molar-refractivity contribution in [2.24, 2.45) is 4.99 Å². The molecular formula is C17H13Cl2NOTi. The number of phenols is 1. The van der Waals surface area contributed by atoms with Crippen molar-refractivity contribution in [1.29, 1.82) is 0 Å². The molecule has 0 aliphatic carbocycles. The van der Waals surface area contributed by atoms with E-state index in [1.807, 2.05) is 42.5 Å². The van der Waals surface area contributed by atoms with Crippen molar-refractivity contribution in [3.63, 3.8) is 0 Å². The van der Waals surface area contributed by atoms with E-state index in [0.29, 0.717) is 0 Å². The molecule has 0 saturated carbocycles. The standard InChI is InChI=1S/C17H13NO.2ClH.Ti/c19-17-11-4-2-7-14(17)12-18-16-10-5-8-13-6-1-3-9-15(13)16;;;/h1-12,19H;2*1H;/q;;;+2/p-2. The third kappa shape index (κ3) is 4.59. The number of halogens is 2. The average molecular weight is 366 g/mol. The van der Waals surface area contributed by atoms with Crippen LogP contribution in [0.4, 0.5) is 5.69 Å². The molecule has 1 N–H and O–H groups in total. The van der Waals surface area contributed by atoms with Gasteiger partial charge in [0, 0.05) is 17.2 Å². The second-order valence-corrected chi connectivity index (χ2v) is 6.97. The Labute approximate surface area is 146 Å². The Bertz CT molecular complexity index is 772. The molecule has 2 nitrogen and oxygen atoms in total. The van der Waals surface area contributed by atoms with E-state index >= 15 is 0 Å². The fraction of sp³-hybridized carbons (Fsp3) is 0. The van der Waals surface area contributed by atoms with E-state index in [-0.39, 0.29) is 5.75 Å². The summed E-state index contributed by atoms with van der Waals surface area (Å²) < 4.78 is 0. The summed E-state index contributed by atoms with van der Waals surface area (Å²) in [6, 6.07) is 21.3. The van der Waals surface area contributed by atoms with E-state index in [1.165, 1.54) is 0 Å². The number of nitrogens with zero attached hydrogens (tertiary/aromatic N) is 1. The van der Waals surface area contributed by atoms with Crippen LogP contribution in [0.25, 0.3) is 10.8 Å². The fourth-order valence-corrected chi connectivity index (χ4v) is 2.06. The van der Waals surface area contributed by atoms with Gasteiger partial charge in [0.15, 0.2) is 0 Å². The van der Waals surface area contributed by atoms with Gasteiger partial charge >= 0.3 is 35.6 Å². The second kappa shape index (κ2) is 8.97. The first-order chi connectivity index (χ1) is 10.8. The zero-order valence-electron chi connectivity index (χ0n) is 11.6. The summed E-state index contributed by atoms with van der Waals surface area (Å²) in [6.45, 7) is 0. The molecule has 3 rings (SSSR count). The molecule has 0 aliphatic rings. The van der Waals surface area contributed by atoms with Crippen LogP contribution in [0.1, 0.15) is 5.56 Å². The molecule has 0 aromatic heterocycles. The molecule has 22 heavy (non-hydrogen) atoms. The van der Waals surface area contributed by atoms with E-state index in [1.54, 1.807) is 18.3 Å². The maximum atomic E-state index is 9.71. The zero-order chi connectivity index (χ0) is 15.8. The quantitative estimate of drug-likeness (QED) is 0.460. The summed E-state index contributed by atoms with van der Waals surface area (Å²) in [6.07, 6.45) is 1.69. The number of benzene rings is 3. The van der Waals surface area contributed by atoms with Crippen molar-refractivity contribution in [1.82, 2.24) is 0 Å². The monoisotopic (exact) mass is 365 g/mol. The number of para-hydroxylation sites is 1. The first-order valence-corrected chi connectivity index (χ1v) is 10.8. The van der Waals surface area contributed by atoms with Gasteiger partial charge in [0.05, 0.1) is 5.69 Å². The van der Waals surface area contributed by atoms with Crippen LogP contribution in [0.15, 0.2) is 71.7 Å². The first kappa shape index (κ1) is 17.0. The van der Waals surface area contributed by atoms with Crippen LogP contribution in [-0.4, -0.2) is 11.3 Å². The van der Waals surface area contributed by atoms with Gasteiger partial charge in [-0.2, -0.15) is 0 Å². The molecule has 0 unspecified atom stereocenters. The van der Waals surface area contributed by atoms with Crippen LogP contribution >= 0.6 is 18.6 Å². The minimum absolute atomic E-state index is 0.242.